The summed E-state index contributed by atoms with van der Waals surface area (Å²) in [6.45, 7) is 5.96. The van der Waals surface area contributed by atoms with E-state index < -0.39 is 0 Å². The van der Waals surface area contributed by atoms with Crippen LogP contribution in [0.3, 0.4) is 0 Å². The van der Waals surface area contributed by atoms with E-state index in [1.807, 2.05) is 57.2 Å². The van der Waals surface area contributed by atoms with E-state index in [2.05, 4.69) is 5.32 Å². The van der Waals surface area contributed by atoms with Gasteiger partial charge in [0.2, 0.25) is 0 Å². The molecule has 2 aromatic carbocycles. The summed E-state index contributed by atoms with van der Waals surface area (Å²) < 4.78 is 5.10. The van der Waals surface area contributed by atoms with Crippen molar-refractivity contribution in [3.63, 3.8) is 0 Å². The van der Waals surface area contributed by atoms with Crippen molar-refractivity contribution in [2.24, 2.45) is 0 Å². The number of benzene rings is 2. The molecule has 0 saturated heterocycles. The van der Waals surface area contributed by atoms with E-state index in [9.17, 15) is 4.79 Å². The summed E-state index contributed by atoms with van der Waals surface area (Å²) in [5.74, 6) is 0.691. The summed E-state index contributed by atoms with van der Waals surface area (Å²) >= 11 is 0. The van der Waals surface area contributed by atoms with Gasteiger partial charge in [-0.15, -0.1) is 0 Å². The molecule has 1 amide bonds. The van der Waals surface area contributed by atoms with Gasteiger partial charge in [-0.2, -0.15) is 0 Å². The van der Waals surface area contributed by atoms with Crippen LogP contribution in [0.4, 0.5) is 5.69 Å². The molecule has 0 unspecified atom stereocenters. The molecular formula is C17H19NO2. The fraction of sp³-hybridized carbons (Fsp3) is 0.235. The quantitative estimate of drug-likeness (QED) is 0.918. The average molecular weight is 269 g/mol. The Labute approximate surface area is 119 Å². The number of aryl methyl sites for hydroxylation is 3. The lowest BCUT2D eigenvalue weighted by Crippen LogP contribution is -2.15. The maximum absolute atomic E-state index is 12.4. The lowest BCUT2D eigenvalue weighted by Gasteiger charge is -2.12. The highest BCUT2D eigenvalue weighted by molar-refractivity contribution is 6.06. The molecule has 0 aromatic heterocycles. The Morgan fingerprint density at radius 3 is 2.05 bits per heavy atom. The molecule has 0 heterocycles. The first-order valence-electron chi connectivity index (χ1n) is 6.54. The molecule has 0 saturated carbocycles. The summed E-state index contributed by atoms with van der Waals surface area (Å²) in [4.78, 5) is 12.4. The van der Waals surface area contributed by atoms with Crippen LogP contribution >= 0.6 is 0 Å². The first-order chi connectivity index (χ1) is 9.51. The van der Waals surface area contributed by atoms with Crippen LogP contribution in [0.15, 0.2) is 36.4 Å². The van der Waals surface area contributed by atoms with Crippen LogP contribution < -0.4 is 10.1 Å². The first-order valence-corrected chi connectivity index (χ1v) is 6.54. The predicted octanol–water partition coefficient (Wildman–Crippen LogP) is 3.87. The molecule has 0 aliphatic rings. The van der Waals surface area contributed by atoms with Gasteiger partial charge in [0.15, 0.2) is 0 Å². The van der Waals surface area contributed by atoms with E-state index in [1.54, 1.807) is 7.11 Å². The summed E-state index contributed by atoms with van der Waals surface area (Å²) in [7, 11) is 1.62. The van der Waals surface area contributed by atoms with Crippen molar-refractivity contribution >= 4 is 11.6 Å². The van der Waals surface area contributed by atoms with E-state index in [0.717, 1.165) is 28.1 Å². The lowest BCUT2D eigenvalue weighted by molar-refractivity contribution is 0.102. The van der Waals surface area contributed by atoms with Crippen molar-refractivity contribution in [3.8, 4) is 5.75 Å². The fourth-order valence-corrected chi connectivity index (χ4v) is 2.41. The van der Waals surface area contributed by atoms with Gasteiger partial charge in [-0.3, -0.25) is 4.79 Å². The molecule has 104 valence electrons. The summed E-state index contributed by atoms with van der Waals surface area (Å²) in [6.07, 6.45) is 0. The van der Waals surface area contributed by atoms with Crippen LogP contribution in [0.1, 0.15) is 27.0 Å². The van der Waals surface area contributed by atoms with Crippen molar-refractivity contribution in [3.05, 3.63) is 58.7 Å². The standard InChI is InChI=1S/C17H19NO2/c1-11-9-12(2)16(13(3)10-11)17(19)18-14-5-7-15(20-4)8-6-14/h5-10H,1-4H3,(H,18,19). The number of methoxy groups -OCH3 is 1. The number of ether oxygens (including phenoxy) is 1. The van der Waals surface area contributed by atoms with Gasteiger partial charge in [-0.25, -0.2) is 0 Å². The molecule has 3 heteroatoms. The third-order valence-corrected chi connectivity index (χ3v) is 3.25. The second-order valence-electron chi connectivity index (χ2n) is 4.96. The molecule has 1 N–H and O–H groups in total. The monoisotopic (exact) mass is 269 g/mol. The molecule has 2 rings (SSSR count). The lowest BCUT2D eigenvalue weighted by atomic mass is 9.99. The minimum Gasteiger partial charge on any atom is -0.497 e. The molecule has 0 aliphatic heterocycles. The van der Waals surface area contributed by atoms with Crippen molar-refractivity contribution in [1.82, 2.24) is 0 Å². The van der Waals surface area contributed by atoms with E-state index in [1.165, 1.54) is 5.56 Å². The molecule has 2 aromatic rings. The number of nitrogens with one attached hydrogen (secondary N) is 1. The van der Waals surface area contributed by atoms with Gasteiger partial charge < -0.3 is 10.1 Å². The molecule has 0 aliphatic carbocycles. The Kier molecular flexibility index (Phi) is 4.08. The Morgan fingerprint density at radius 2 is 1.55 bits per heavy atom. The zero-order valence-electron chi connectivity index (χ0n) is 12.3. The highest BCUT2D eigenvalue weighted by Gasteiger charge is 2.12. The van der Waals surface area contributed by atoms with Gasteiger partial charge in [-0.05, 0) is 56.2 Å². The van der Waals surface area contributed by atoms with Crippen LogP contribution in [0.25, 0.3) is 0 Å². The van der Waals surface area contributed by atoms with Crippen molar-refractivity contribution in [1.29, 1.82) is 0 Å². The summed E-state index contributed by atoms with van der Waals surface area (Å²) in [5, 5.41) is 2.92. The largest absolute Gasteiger partial charge is 0.497 e. The van der Waals surface area contributed by atoms with E-state index in [-0.39, 0.29) is 5.91 Å². The molecule has 0 spiro atoms. The van der Waals surface area contributed by atoms with Crippen LogP contribution in [-0.2, 0) is 0 Å². The highest BCUT2D eigenvalue weighted by Crippen LogP contribution is 2.20. The van der Waals surface area contributed by atoms with Crippen molar-refractivity contribution in [2.45, 2.75) is 20.8 Å². The summed E-state index contributed by atoms with van der Waals surface area (Å²) in [5.41, 5.74) is 4.66. The van der Waals surface area contributed by atoms with Gasteiger partial charge in [0.1, 0.15) is 5.75 Å². The Hall–Kier alpha value is -2.29. The number of carbonyl (C=O) groups excluding carboxylic acids is 1. The third kappa shape index (κ3) is 2.99. The third-order valence-electron chi connectivity index (χ3n) is 3.25. The molecular weight excluding hydrogens is 250 g/mol. The molecule has 0 bridgehead atoms. The Balaban J connectivity index is 2.23. The molecule has 0 atom stereocenters. The Morgan fingerprint density at radius 1 is 1.00 bits per heavy atom. The average Bonchev–Trinajstić information content (AvgIpc) is 2.38. The van der Waals surface area contributed by atoms with Gasteiger partial charge in [0.25, 0.3) is 5.91 Å². The number of hydrogen-bond donors (Lipinski definition) is 1. The van der Waals surface area contributed by atoms with Gasteiger partial charge in [-0.1, -0.05) is 17.7 Å². The number of anilines is 1. The van der Waals surface area contributed by atoms with Gasteiger partial charge in [0, 0.05) is 11.3 Å². The van der Waals surface area contributed by atoms with E-state index >= 15 is 0 Å². The molecule has 20 heavy (non-hydrogen) atoms. The second kappa shape index (κ2) is 5.78. The van der Waals surface area contributed by atoms with Crippen LogP contribution in [0.5, 0.6) is 5.75 Å². The van der Waals surface area contributed by atoms with Crippen LogP contribution in [0, 0.1) is 20.8 Å². The molecule has 0 fully saturated rings. The Bertz CT molecular complexity index is 607. The number of carbonyl (C=O) groups is 1. The van der Waals surface area contributed by atoms with Crippen LogP contribution in [0.2, 0.25) is 0 Å². The predicted molar refractivity (Wildman–Crippen MR) is 81.6 cm³/mol. The van der Waals surface area contributed by atoms with Gasteiger partial charge in [0.05, 0.1) is 7.11 Å². The molecule has 3 nitrogen and oxygen atoms in total. The van der Waals surface area contributed by atoms with E-state index in [0.29, 0.717) is 0 Å². The first kappa shape index (κ1) is 14.1. The summed E-state index contributed by atoms with van der Waals surface area (Å²) in [6, 6.07) is 11.4. The van der Waals surface area contributed by atoms with Crippen molar-refractivity contribution < 1.29 is 9.53 Å². The van der Waals surface area contributed by atoms with Gasteiger partial charge >= 0.3 is 0 Å². The van der Waals surface area contributed by atoms with E-state index in [4.69, 9.17) is 4.74 Å². The minimum atomic E-state index is -0.0785. The highest BCUT2D eigenvalue weighted by atomic mass is 16.5. The fourth-order valence-electron chi connectivity index (χ4n) is 2.41. The molecule has 0 radical (unpaired) electrons. The maximum Gasteiger partial charge on any atom is 0.256 e. The topological polar surface area (TPSA) is 38.3 Å². The van der Waals surface area contributed by atoms with Crippen LogP contribution in [-0.4, -0.2) is 13.0 Å². The number of rotatable bonds is 3. The zero-order valence-corrected chi connectivity index (χ0v) is 12.3. The van der Waals surface area contributed by atoms with Crippen molar-refractivity contribution in [2.75, 3.05) is 12.4 Å². The maximum atomic E-state index is 12.4. The number of hydrogen-bond acceptors (Lipinski definition) is 2. The normalized spacial score (nSPS) is 10.2. The second-order valence-corrected chi connectivity index (χ2v) is 4.96. The zero-order chi connectivity index (χ0) is 14.7. The minimum absolute atomic E-state index is 0.0785. The smallest absolute Gasteiger partial charge is 0.256 e. The SMILES string of the molecule is COc1ccc(NC(=O)c2c(C)cc(C)cc2C)cc1. The number of amides is 1.